The molecule has 2 aliphatic rings. The van der Waals surface area contributed by atoms with E-state index >= 15 is 0 Å². The summed E-state index contributed by atoms with van der Waals surface area (Å²) in [6.45, 7) is 1.90. The molecule has 1 heterocycles. The molecule has 1 aliphatic carbocycles. The number of hydrogen-bond acceptors (Lipinski definition) is 5. The van der Waals surface area contributed by atoms with E-state index in [9.17, 15) is 14.4 Å². The Kier molecular flexibility index (Phi) is 6.83. The second-order valence-corrected chi connectivity index (χ2v) is 6.22. The lowest BCUT2D eigenvalue weighted by Gasteiger charge is -2.38. The molecule has 7 heteroatoms. The fraction of sp³-hybridized carbons (Fsp3) is 0.812. The third-order valence-corrected chi connectivity index (χ3v) is 4.65. The second-order valence-electron chi connectivity index (χ2n) is 6.22. The van der Waals surface area contributed by atoms with E-state index in [0.717, 1.165) is 19.4 Å². The summed E-state index contributed by atoms with van der Waals surface area (Å²) >= 11 is 0. The molecule has 1 aliphatic heterocycles. The molecule has 0 aromatic heterocycles. The van der Waals surface area contributed by atoms with Gasteiger partial charge in [-0.1, -0.05) is 12.8 Å². The van der Waals surface area contributed by atoms with Crippen LogP contribution in [0.15, 0.2) is 0 Å². The number of carbonyl (C=O) groups excluding carboxylic acids is 3. The highest BCUT2D eigenvalue weighted by Gasteiger charge is 2.36. The van der Waals surface area contributed by atoms with Crippen LogP contribution < -0.4 is 10.6 Å². The Hall–Kier alpha value is -1.63. The van der Waals surface area contributed by atoms with Gasteiger partial charge in [0.25, 0.3) is 0 Å². The van der Waals surface area contributed by atoms with Crippen molar-refractivity contribution in [2.75, 3.05) is 26.7 Å². The molecule has 0 aromatic carbocycles. The number of ether oxygens (including phenoxy) is 1. The van der Waals surface area contributed by atoms with Gasteiger partial charge >= 0.3 is 5.97 Å². The first kappa shape index (κ1) is 17.7. The predicted molar refractivity (Wildman–Crippen MR) is 84.6 cm³/mol. The normalized spacial score (nSPS) is 22.7. The Morgan fingerprint density at radius 1 is 1.35 bits per heavy atom. The lowest BCUT2D eigenvalue weighted by Crippen LogP contribution is -2.59. The molecule has 2 fully saturated rings. The van der Waals surface area contributed by atoms with Crippen molar-refractivity contribution < 1.29 is 19.1 Å². The highest BCUT2D eigenvalue weighted by atomic mass is 16.5. The highest BCUT2D eigenvalue weighted by Crippen LogP contribution is 2.26. The Morgan fingerprint density at radius 2 is 2.09 bits per heavy atom. The number of nitrogens with zero attached hydrogens (tertiary/aromatic N) is 1. The third-order valence-electron chi connectivity index (χ3n) is 4.65. The fourth-order valence-electron chi connectivity index (χ4n) is 3.43. The summed E-state index contributed by atoms with van der Waals surface area (Å²) in [5, 5.41) is 5.65. The predicted octanol–water partition coefficient (Wildman–Crippen LogP) is 0.189. The van der Waals surface area contributed by atoms with Crippen molar-refractivity contribution in [3.63, 3.8) is 0 Å². The number of methoxy groups -OCH3 is 1. The van der Waals surface area contributed by atoms with Gasteiger partial charge < -0.3 is 15.4 Å². The van der Waals surface area contributed by atoms with Crippen LogP contribution in [0.2, 0.25) is 0 Å². The van der Waals surface area contributed by atoms with Crippen molar-refractivity contribution in [2.24, 2.45) is 0 Å². The number of hydrogen-bond donors (Lipinski definition) is 2. The van der Waals surface area contributed by atoms with Gasteiger partial charge in [0, 0.05) is 32.1 Å². The van der Waals surface area contributed by atoms with Gasteiger partial charge in [0.05, 0.1) is 19.6 Å². The molecule has 23 heavy (non-hydrogen) atoms. The summed E-state index contributed by atoms with van der Waals surface area (Å²) < 4.78 is 4.55. The molecule has 1 saturated carbocycles. The van der Waals surface area contributed by atoms with Gasteiger partial charge in [0.2, 0.25) is 11.8 Å². The van der Waals surface area contributed by atoms with Crippen LogP contribution in [0.1, 0.15) is 44.9 Å². The van der Waals surface area contributed by atoms with Crippen LogP contribution in [0, 0.1) is 0 Å². The fourth-order valence-corrected chi connectivity index (χ4v) is 3.43. The summed E-state index contributed by atoms with van der Waals surface area (Å²) in [5.74, 6) is -0.467. The maximum atomic E-state index is 12.2. The van der Waals surface area contributed by atoms with Gasteiger partial charge in [-0.05, 0) is 19.3 Å². The van der Waals surface area contributed by atoms with E-state index in [1.54, 1.807) is 0 Å². The Labute approximate surface area is 137 Å². The Balaban J connectivity index is 1.79. The average molecular weight is 325 g/mol. The first-order valence-corrected chi connectivity index (χ1v) is 8.49. The molecular weight excluding hydrogens is 298 g/mol. The summed E-state index contributed by atoms with van der Waals surface area (Å²) in [4.78, 5) is 37.5. The third kappa shape index (κ3) is 5.20. The molecule has 0 spiro atoms. The molecule has 0 aromatic rings. The lowest BCUT2D eigenvalue weighted by atomic mass is 10.0. The largest absolute Gasteiger partial charge is 0.469 e. The molecule has 2 amide bonds. The van der Waals surface area contributed by atoms with Crippen molar-refractivity contribution in [3.05, 3.63) is 0 Å². The van der Waals surface area contributed by atoms with Gasteiger partial charge in [0.1, 0.15) is 0 Å². The molecule has 0 radical (unpaired) electrons. The maximum Gasteiger partial charge on any atom is 0.305 e. The molecule has 7 nitrogen and oxygen atoms in total. The van der Waals surface area contributed by atoms with Crippen molar-refractivity contribution in [2.45, 2.75) is 57.0 Å². The molecular formula is C16H27N3O4. The quantitative estimate of drug-likeness (QED) is 0.515. The van der Waals surface area contributed by atoms with E-state index in [0.29, 0.717) is 25.6 Å². The van der Waals surface area contributed by atoms with Crippen LogP contribution in [0.25, 0.3) is 0 Å². The number of amides is 2. The zero-order valence-corrected chi connectivity index (χ0v) is 13.8. The minimum absolute atomic E-state index is 0.0483. The zero-order valence-electron chi connectivity index (χ0n) is 13.8. The molecule has 2 N–H and O–H groups in total. The van der Waals surface area contributed by atoms with E-state index in [2.05, 4.69) is 20.3 Å². The van der Waals surface area contributed by atoms with Crippen LogP contribution in [-0.4, -0.2) is 61.5 Å². The SMILES string of the molecule is COC(=O)CCCNC(=O)CC1C(=O)NCCN1C1CCCC1. The van der Waals surface area contributed by atoms with Crippen LogP contribution in [0.4, 0.5) is 0 Å². The molecule has 1 saturated heterocycles. The second kappa shape index (κ2) is 8.86. The average Bonchev–Trinajstić information content (AvgIpc) is 3.07. The van der Waals surface area contributed by atoms with Gasteiger partial charge in [-0.3, -0.25) is 19.3 Å². The van der Waals surface area contributed by atoms with Gasteiger partial charge in [-0.2, -0.15) is 0 Å². The topological polar surface area (TPSA) is 87.7 Å². The molecule has 130 valence electrons. The summed E-state index contributed by atoms with van der Waals surface area (Å²) in [5.41, 5.74) is 0. The van der Waals surface area contributed by atoms with Crippen molar-refractivity contribution in [1.82, 2.24) is 15.5 Å². The van der Waals surface area contributed by atoms with Gasteiger partial charge in [-0.15, -0.1) is 0 Å². The monoisotopic (exact) mass is 325 g/mol. The first-order valence-electron chi connectivity index (χ1n) is 8.49. The van der Waals surface area contributed by atoms with E-state index < -0.39 is 0 Å². The van der Waals surface area contributed by atoms with E-state index in [1.807, 2.05) is 0 Å². The summed E-state index contributed by atoms with van der Waals surface area (Å²) in [6.07, 6.45) is 5.65. The van der Waals surface area contributed by atoms with Crippen LogP contribution in [-0.2, 0) is 19.1 Å². The van der Waals surface area contributed by atoms with Crippen LogP contribution in [0.5, 0.6) is 0 Å². The maximum absolute atomic E-state index is 12.2. The Bertz CT molecular complexity index is 435. The Morgan fingerprint density at radius 3 is 2.78 bits per heavy atom. The minimum Gasteiger partial charge on any atom is -0.469 e. The molecule has 2 rings (SSSR count). The summed E-state index contributed by atoms with van der Waals surface area (Å²) in [6, 6.07) is 0.0608. The molecule has 1 unspecified atom stereocenters. The van der Waals surface area contributed by atoms with Crippen LogP contribution >= 0.6 is 0 Å². The van der Waals surface area contributed by atoms with E-state index in [-0.39, 0.29) is 36.7 Å². The van der Waals surface area contributed by atoms with Crippen molar-refractivity contribution >= 4 is 17.8 Å². The smallest absolute Gasteiger partial charge is 0.305 e. The van der Waals surface area contributed by atoms with Crippen molar-refractivity contribution in [1.29, 1.82) is 0 Å². The zero-order chi connectivity index (χ0) is 16.7. The van der Waals surface area contributed by atoms with Gasteiger partial charge in [-0.25, -0.2) is 0 Å². The number of carbonyl (C=O) groups is 3. The van der Waals surface area contributed by atoms with Crippen molar-refractivity contribution in [3.8, 4) is 0 Å². The lowest BCUT2D eigenvalue weighted by molar-refractivity contribution is -0.140. The highest BCUT2D eigenvalue weighted by molar-refractivity contribution is 5.88. The van der Waals surface area contributed by atoms with E-state index in [1.165, 1.54) is 20.0 Å². The van der Waals surface area contributed by atoms with Gasteiger partial charge in [0.15, 0.2) is 0 Å². The first-order chi connectivity index (χ1) is 11.1. The number of rotatable bonds is 7. The number of nitrogens with one attached hydrogen (secondary N) is 2. The number of piperazine rings is 1. The number of esters is 1. The summed E-state index contributed by atoms with van der Waals surface area (Å²) in [7, 11) is 1.35. The standard InChI is InChI=1S/C16H27N3O4/c1-23-15(21)7-4-8-17-14(20)11-13-16(22)18-9-10-19(13)12-5-2-3-6-12/h12-13H,2-11H2,1H3,(H,17,20)(H,18,22). The minimum atomic E-state index is -0.368. The molecule has 0 bridgehead atoms. The molecule has 1 atom stereocenters. The van der Waals surface area contributed by atoms with Crippen LogP contribution in [0.3, 0.4) is 0 Å². The van der Waals surface area contributed by atoms with E-state index in [4.69, 9.17) is 0 Å².